The highest BCUT2D eigenvalue weighted by Gasteiger charge is 2.08. The molecule has 120 valence electrons. The van der Waals surface area contributed by atoms with Crippen LogP contribution in [0.2, 0.25) is 10.0 Å². The Morgan fingerprint density at radius 3 is 2.39 bits per heavy atom. The number of halogens is 2. The Morgan fingerprint density at radius 2 is 1.78 bits per heavy atom. The van der Waals surface area contributed by atoms with Gasteiger partial charge in [0.1, 0.15) is 5.75 Å². The normalized spacial score (nSPS) is 10.2. The maximum absolute atomic E-state index is 12.0. The van der Waals surface area contributed by atoms with Crippen LogP contribution in [-0.2, 0) is 16.0 Å². The summed E-state index contributed by atoms with van der Waals surface area (Å²) in [5, 5.41) is 3.71. The zero-order valence-electron chi connectivity index (χ0n) is 12.0. The molecule has 2 aromatic carbocycles. The molecule has 3 N–H and O–H groups in total. The van der Waals surface area contributed by atoms with E-state index >= 15 is 0 Å². The van der Waals surface area contributed by atoms with Crippen LogP contribution in [0, 0.1) is 0 Å². The third kappa shape index (κ3) is 5.47. The lowest BCUT2D eigenvalue weighted by atomic mass is 10.1. The number of benzene rings is 2. The van der Waals surface area contributed by atoms with Gasteiger partial charge in [-0.3, -0.25) is 9.59 Å². The summed E-state index contributed by atoms with van der Waals surface area (Å²) in [6, 6.07) is 11.6. The molecule has 0 aliphatic heterocycles. The molecule has 0 radical (unpaired) electrons. The molecule has 0 bridgehead atoms. The van der Waals surface area contributed by atoms with Crippen LogP contribution < -0.4 is 15.8 Å². The van der Waals surface area contributed by atoms with Crippen molar-refractivity contribution in [3.05, 3.63) is 58.1 Å². The van der Waals surface area contributed by atoms with Crippen molar-refractivity contribution in [1.29, 1.82) is 0 Å². The highest BCUT2D eigenvalue weighted by atomic mass is 35.5. The van der Waals surface area contributed by atoms with Crippen LogP contribution in [0.3, 0.4) is 0 Å². The van der Waals surface area contributed by atoms with Crippen molar-refractivity contribution < 1.29 is 14.3 Å². The molecule has 2 rings (SSSR count). The zero-order chi connectivity index (χ0) is 16.8. The Labute approximate surface area is 143 Å². The van der Waals surface area contributed by atoms with Crippen molar-refractivity contribution in [3.8, 4) is 5.75 Å². The molecule has 0 saturated heterocycles. The van der Waals surface area contributed by atoms with Gasteiger partial charge in [0, 0.05) is 15.7 Å². The van der Waals surface area contributed by atoms with Gasteiger partial charge in [0.15, 0.2) is 6.61 Å². The van der Waals surface area contributed by atoms with Gasteiger partial charge in [0.05, 0.1) is 6.42 Å². The van der Waals surface area contributed by atoms with Gasteiger partial charge in [-0.25, -0.2) is 0 Å². The Bertz CT molecular complexity index is 718. The third-order valence-corrected chi connectivity index (χ3v) is 3.47. The Kier molecular flexibility index (Phi) is 5.84. The molecule has 0 saturated carbocycles. The number of primary amides is 1. The van der Waals surface area contributed by atoms with Gasteiger partial charge in [-0.05, 0) is 42.0 Å². The van der Waals surface area contributed by atoms with E-state index in [1.54, 1.807) is 42.5 Å². The fraction of sp³-hybridized carbons (Fsp3) is 0.125. The van der Waals surface area contributed by atoms with E-state index in [1.165, 1.54) is 0 Å². The lowest BCUT2D eigenvalue weighted by Gasteiger charge is -2.08. The summed E-state index contributed by atoms with van der Waals surface area (Å²) in [6.45, 7) is -0.194. The Morgan fingerprint density at radius 1 is 1.09 bits per heavy atom. The quantitative estimate of drug-likeness (QED) is 0.838. The summed E-state index contributed by atoms with van der Waals surface area (Å²) in [5.74, 6) is -0.273. The van der Waals surface area contributed by atoms with Gasteiger partial charge in [-0.1, -0.05) is 29.3 Å². The van der Waals surface area contributed by atoms with Gasteiger partial charge in [0.2, 0.25) is 5.91 Å². The topological polar surface area (TPSA) is 81.4 Å². The van der Waals surface area contributed by atoms with Crippen LogP contribution in [0.1, 0.15) is 5.56 Å². The summed E-state index contributed by atoms with van der Waals surface area (Å²) in [6.07, 6.45) is 0.135. The number of ether oxygens (including phenoxy) is 1. The predicted molar refractivity (Wildman–Crippen MR) is 89.9 cm³/mol. The molecule has 0 aromatic heterocycles. The van der Waals surface area contributed by atoms with Crippen molar-refractivity contribution in [2.75, 3.05) is 11.9 Å². The second-order valence-corrected chi connectivity index (χ2v) is 5.58. The van der Waals surface area contributed by atoms with Crippen molar-refractivity contribution >= 4 is 40.7 Å². The molecule has 23 heavy (non-hydrogen) atoms. The van der Waals surface area contributed by atoms with Crippen LogP contribution in [-0.4, -0.2) is 18.4 Å². The number of nitrogens with one attached hydrogen (secondary N) is 1. The average molecular weight is 353 g/mol. The van der Waals surface area contributed by atoms with Gasteiger partial charge in [-0.15, -0.1) is 0 Å². The molecular formula is C16H14Cl2N2O3. The fourth-order valence-corrected chi connectivity index (χ4v) is 2.31. The Balaban J connectivity index is 1.93. The molecule has 0 heterocycles. The summed E-state index contributed by atoms with van der Waals surface area (Å²) in [7, 11) is 0. The van der Waals surface area contributed by atoms with E-state index in [0.717, 1.165) is 0 Å². The number of hydrogen-bond acceptors (Lipinski definition) is 3. The molecule has 2 amide bonds. The number of anilines is 1. The Hall–Kier alpha value is -2.24. The molecular weight excluding hydrogens is 339 g/mol. The summed E-state index contributed by atoms with van der Waals surface area (Å²) in [5.41, 5.74) is 6.28. The van der Waals surface area contributed by atoms with Crippen LogP contribution in [0.25, 0.3) is 0 Å². The smallest absolute Gasteiger partial charge is 0.255 e. The second-order valence-electron chi connectivity index (χ2n) is 4.74. The number of amides is 2. The lowest BCUT2D eigenvalue weighted by molar-refractivity contribution is -0.120. The minimum absolute atomic E-state index is 0.135. The number of carbonyl (C=O) groups is 2. The van der Waals surface area contributed by atoms with Crippen LogP contribution >= 0.6 is 23.2 Å². The molecule has 5 nitrogen and oxygen atoms in total. The molecule has 7 heteroatoms. The summed E-state index contributed by atoms with van der Waals surface area (Å²) < 4.78 is 5.13. The highest BCUT2D eigenvalue weighted by molar-refractivity contribution is 6.35. The monoisotopic (exact) mass is 352 g/mol. The minimum atomic E-state index is -0.553. The van der Waals surface area contributed by atoms with Gasteiger partial charge >= 0.3 is 0 Å². The third-order valence-electron chi connectivity index (χ3n) is 2.89. The van der Waals surface area contributed by atoms with E-state index in [0.29, 0.717) is 27.0 Å². The van der Waals surface area contributed by atoms with Crippen molar-refractivity contribution in [2.24, 2.45) is 5.73 Å². The van der Waals surface area contributed by atoms with E-state index in [4.69, 9.17) is 33.7 Å². The van der Waals surface area contributed by atoms with Crippen molar-refractivity contribution in [3.63, 3.8) is 0 Å². The standard InChI is InChI=1S/C16H14Cl2N2O3/c17-11-2-1-10(14(18)8-11)7-16(22)20-12-3-5-13(6-4-12)23-9-15(19)21/h1-6,8H,7,9H2,(H2,19,21)(H,20,22). The van der Waals surface area contributed by atoms with E-state index in [1.807, 2.05) is 0 Å². The summed E-state index contributed by atoms with van der Waals surface area (Å²) >= 11 is 11.9. The fourth-order valence-electron chi connectivity index (χ4n) is 1.83. The lowest BCUT2D eigenvalue weighted by Crippen LogP contribution is -2.20. The number of hydrogen-bond donors (Lipinski definition) is 2. The molecule has 0 spiro atoms. The second kappa shape index (κ2) is 7.85. The first kappa shape index (κ1) is 17.1. The number of carbonyl (C=O) groups excluding carboxylic acids is 2. The van der Waals surface area contributed by atoms with E-state index in [9.17, 15) is 9.59 Å². The van der Waals surface area contributed by atoms with Crippen LogP contribution in [0.4, 0.5) is 5.69 Å². The van der Waals surface area contributed by atoms with E-state index in [-0.39, 0.29) is 18.9 Å². The van der Waals surface area contributed by atoms with E-state index in [2.05, 4.69) is 5.32 Å². The number of nitrogens with two attached hydrogens (primary N) is 1. The molecule has 0 fully saturated rings. The molecule has 0 aliphatic carbocycles. The van der Waals surface area contributed by atoms with Crippen molar-refractivity contribution in [2.45, 2.75) is 6.42 Å². The van der Waals surface area contributed by atoms with Gasteiger partial charge in [-0.2, -0.15) is 0 Å². The maximum Gasteiger partial charge on any atom is 0.255 e. The maximum atomic E-state index is 12.0. The first-order valence-electron chi connectivity index (χ1n) is 6.69. The average Bonchev–Trinajstić information content (AvgIpc) is 2.49. The molecule has 0 atom stereocenters. The van der Waals surface area contributed by atoms with Gasteiger partial charge in [0.25, 0.3) is 5.91 Å². The van der Waals surface area contributed by atoms with E-state index < -0.39 is 5.91 Å². The largest absolute Gasteiger partial charge is 0.484 e. The SMILES string of the molecule is NC(=O)COc1ccc(NC(=O)Cc2ccc(Cl)cc2Cl)cc1. The molecule has 2 aromatic rings. The minimum Gasteiger partial charge on any atom is -0.484 e. The predicted octanol–water partition coefficient (Wildman–Crippen LogP) is 3.04. The van der Waals surface area contributed by atoms with Crippen LogP contribution in [0.5, 0.6) is 5.75 Å². The summed E-state index contributed by atoms with van der Waals surface area (Å²) in [4.78, 5) is 22.7. The first-order chi connectivity index (χ1) is 10.9. The van der Waals surface area contributed by atoms with Crippen molar-refractivity contribution in [1.82, 2.24) is 0 Å². The van der Waals surface area contributed by atoms with Gasteiger partial charge < -0.3 is 15.8 Å². The molecule has 0 aliphatic rings. The highest BCUT2D eigenvalue weighted by Crippen LogP contribution is 2.22. The first-order valence-corrected chi connectivity index (χ1v) is 7.44. The molecule has 0 unspecified atom stereocenters. The van der Waals surface area contributed by atoms with Crippen LogP contribution in [0.15, 0.2) is 42.5 Å². The number of rotatable bonds is 6. The zero-order valence-corrected chi connectivity index (χ0v) is 13.5.